The molecule has 0 fully saturated rings. The fourth-order valence-electron chi connectivity index (χ4n) is 2.87. The van der Waals surface area contributed by atoms with Crippen LogP contribution in [0.3, 0.4) is 0 Å². The van der Waals surface area contributed by atoms with Crippen LogP contribution in [0.5, 0.6) is 0 Å². The summed E-state index contributed by atoms with van der Waals surface area (Å²) in [6.07, 6.45) is 11.1. The van der Waals surface area contributed by atoms with Crippen LogP contribution in [0.1, 0.15) is 107 Å². The van der Waals surface area contributed by atoms with Gasteiger partial charge in [-0.2, -0.15) is 0 Å². The lowest BCUT2D eigenvalue weighted by Gasteiger charge is -2.41. The standard InChI is InChI=1S/C20H42/c1-9-17(3)13-11-14-18(4)15-12-16-20(7,8)19(5,6)10-2/h17-18H,9-16H2,1-8H3. The summed E-state index contributed by atoms with van der Waals surface area (Å²) in [5.41, 5.74) is 0.936. The van der Waals surface area contributed by atoms with E-state index in [1.807, 2.05) is 0 Å². The van der Waals surface area contributed by atoms with Crippen molar-refractivity contribution in [2.45, 2.75) is 107 Å². The van der Waals surface area contributed by atoms with Crippen LogP contribution in [0.25, 0.3) is 0 Å². The van der Waals surface area contributed by atoms with Gasteiger partial charge in [-0.15, -0.1) is 0 Å². The van der Waals surface area contributed by atoms with E-state index in [1.165, 1.54) is 51.4 Å². The van der Waals surface area contributed by atoms with Crippen LogP contribution in [0.2, 0.25) is 0 Å². The molecule has 0 aromatic heterocycles. The smallest absolute Gasteiger partial charge is 0.0303 e. The largest absolute Gasteiger partial charge is 0.0651 e. The first-order valence-electron chi connectivity index (χ1n) is 9.16. The molecule has 0 saturated carbocycles. The second-order valence-electron chi connectivity index (χ2n) is 8.56. The van der Waals surface area contributed by atoms with Gasteiger partial charge in [0.2, 0.25) is 0 Å². The molecule has 0 heterocycles. The summed E-state index contributed by atoms with van der Waals surface area (Å²) < 4.78 is 0. The lowest BCUT2D eigenvalue weighted by Crippen LogP contribution is -2.31. The highest BCUT2D eigenvalue weighted by atomic mass is 14.4. The normalized spacial score (nSPS) is 16.2. The van der Waals surface area contributed by atoms with Gasteiger partial charge in [0.25, 0.3) is 0 Å². The molecular formula is C20H42. The van der Waals surface area contributed by atoms with Crippen molar-refractivity contribution >= 4 is 0 Å². The average Bonchev–Trinajstić information content (AvgIpc) is 2.37. The van der Waals surface area contributed by atoms with E-state index in [2.05, 4.69) is 55.4 Å². The number of rotatable bonds is 11. The van der Waals surface area contributed by atoms with Crippen molar-refractivity contribution in [3.63, 3.8) is 0 Å². The maximum atomic E-state index is 2.46. The molecule has 0 nitrogen and oxygen atoms in total. The predicted octanol–water partition coefficient (Wildman–Crippen LogP) is 7.47. The molecule has 0 amide bonds. The summed E-state index contributed by atoms with van der Waals surface area (Å²) in [5.74, 6) is 1.84. The fraction of sp³-hybridized carbons (Fsp3) is 1.00. The Balaban J connectivity index is 3.88. The van der Waals surface area contributed by atoms with E-state index >= 15 is 0 Å². The first-order chi connectivity index (χ1) is 9.16. The summed E-state index contributed by atoms with van der Waals surface area (Å²) >= 11 is 0. The van der Waals surface area contributed by atoms with Gasteiger partial charge in [-0.3, -0.25) is 0 Å². The number of hydrogen-bond acceptors (Lipinski definition) is 0. The van der Waals surface area contributed by atoms with Crippen molar-refractivity contribution in [2.24, 2.45) is 22.7 Å². The van der Waals surface area contributed by atoms with Crippen LogP contribution in [-0.4, -0.2) is 0 Å². The first kappa shape index (κ1) is 20.0. The SMILES string of the molecule is CCC(C)CCCC(C)CCCC(C)(C)C(C)(C)CC. The van der Waals surface area contributed by atoms with Crippen molar-refractivity contribution in [1.82, 2.24) is 0 Å². The molecule has 0 aliphatic carbocycles. The molecule has 122 valence electrons. The summed E-state index contributed by atoms with van der Waals surface area (Å²) in [4.78, 5) is 0. The Kier molecular flexibility index (Phi) is 9.11. The molecular weight excluding hydrogens is 240 g/mol. The Morgan fingerprint density at radius 3 is 1.70 bits per heavy atom. The van der Waals surface area contributed by atoms with E-state index in [0.717, 1.165) is 11.8 Å². The summed E-state index contributed by atoms with van der Waals surface area (Å²) in [5, 5.41) is 0. The first-order valence-corrected chi connectivity index (χ1v) is 9.16. The molecule has 0 heteroatoms. The van der Waals surface area contributed by atoms with Crippen molar-refractivity contribution in [2.75, 3.05) is 0 Å². The summed E-state index contributed by atoms with van der Waals surface area (Å²) in [7, 11) is 0. The van der Waals surface area contributed by atoms with Crippen LogP contribution >= 0.6 is 0 Å². The minimum absolute atomic E-state index is 0.465. The molecule has 0 spiro atoms. The average molecular weight is 283 g/mol. The van der Waals surface area contributed by atoms with Crippen LogP contribution < -0.4 is 0 Å². The van der Waals surface area contributed by atoms with Gasteiger partial charge in [0.1, 0.15) is 0 Å². The molecule has 0 aliphatic heterocycles. The Bertz CT molecular complexity index is 236. The molecule has 20 heavy (non-hydrogen) atoms. The summed E-state index contributed by atoms with van der Waals surface area (Å²) in [6.45, 7) is 19.3. The van der Waals surface area contributed by atoms with E-state index in [1.54, 1.807) is 0 Å². The Morgan fingerprint density at radius 1 is 0.700 bits per heavy atom. The van der Waals surface area contributed by atoms with Gasteiger partial charge in [0, 0.05) is 0 Å². The Labute approximate surface area is 130 Å². The van der Waals surface area contributed by atoms with Gasteiger partial charge in [-0.05, 0) is 29.1 Å². The second-order valence-corrected chi connectivity index (χ2v) is 8.56. The van der Waals surface area contributed by atoms with Gasteiger partial charge in [0.05, 0.1) is 0 Å². The topological polar surface area (TPSA) is 0 Å². The molecule has 0 bridgehead atoms. The monoisotopic (exact) mass is 282 g/mol. The minimum Gasteiger partial charge on any atom is -0.0651 e. The van der Waals surface area contributed by atoms with Gasteiger partial charge < -0.3 is 0 Å². The highest BCUT2D eigenvalue weighted by Crippen LogP contribution is 2.44. The van der Waals surface area contributed by atoms with Crippen LogP contribution in [-0.2, 0) is 0 Å². The molecule has 2 atom stereocenters. The maximum absolute atomic E-state index is 2.46. The molecule has 0 radical (unpaired) electrons. The third kappa shape index (κ3) is 7.14. The lowest BCUT2D eigenvalue weighted by molar-refractivity contribution is 0.0888. The minimum atomic E-state index is 0.465. The van der Waals surface area contributed by atoms with Crippen molar-refractivity contribution in [1.29, 1.82) is 0 Å². The van der Waals surface area contributed by atoms with Crippen molar-refractivity contribution in [3.05, 3.63) is 0 Å². The van der Waals surface area contributed by atoms with Crippen LogP contribution in [0.15, 0.2) is 0 Å². The van der Waals surface area contributed by atoms with E-state index in [4.69, 9.17) is 0 Å². The third-order valence-electron chi connectivity index (χ3n) is 6.31. The zero-order valence-electron chi connectivity index (χ0n) is 15.8. The van der Waals surface area contributed by atoms with E-state index < -0.39 is 0 Å². The van der Waals surface area contributed by atoms with E-state index in [-0.39, 0.29) is 0 Å². The molecule has 2 unspecified atom stereocenters. The third-order valence-corrected chi connectivity index (χ3v) is 6.31. The summed E-state index contributed by atoms with van der Waals surface area (Å²) in [6, 6.07) is 0. The van der Waals surface area contributed by atoms with E-state index in [9.17, 15) is 0 Å². The Morgan fingerprint density at radius 2 is 1.20 bits per heavy atom. The number of hydrogen-bond donors (Lipinski definition) is 0. The quantitative estimate of drug-likeness (QED) is 0.368. The van der Waals surface area contributed by atoms with Crippen LogP contribution in [0.4, 0.5) is 0 Å². The van der Waals surface area contributed by atoms with Crippen molar-refractivity contribution in [3.8, 4) is 0 Å². The van der Waals surface area contributed by atoms with Gasteiger partial charge >= 0.3 is 0 Å². The lowest BCUT2D eigenvalue weighted by atomic mass is 9.64. The van der Waals surface area contributed by atoms with Crippen molar-refractivity contribution < 1.29 is 0 Å². The Hall–Kier alpha value is 0. The zero-order chi connectivity index (χ0) is 15.8. The van der Waals surface area contributed by atoms with Gasteiger partial charge in [-0.25, -0.2) is 0 Å². The highest BCUT2D eigenvalue weighted by molar-refractivity contribution is 4.84. The van der Waals surface area contributed by atoms with E-state index in [0.29, 0.717) is 10.8 Å². The van der Waals surface area contributed by atoms with Gasteiger partial charge in [-0.1, -0.05) is 100 Å². The second kappa shape index (κ2) is 9.11. The zero-order valence-corrected chi connectivity index (χ0v) is 15.8. The van der Waals surface area contributed by atoms with Gasteiger partial charge in [0.15, 0.2) is 0 Å². The highest BCUT2D eigenvalue weighted by Gasteiger charge is 2.34. The maximum Gasteiger partial charge on any atom is -0.0303 e. The molecule has 0 aromatic carbocycles. The van der Waals surface area contributed by atoms with Crippen LogP contribution in [0, 0.1) is 22.7 Å². The predicted molar refractivity (Wildman–Crippen MR) is 94.2 cm³/mol. The molecule has 0 N–H and O–H groups in total. The molecule has 0 aromatic rings. The molecule has 0 saturated heterocycles. The molecule has 0 aliphatic rings. The fourth-order valence-corrected chi connectivity index (χ4v) is 2.87. The molecule has 0 rings (SSSR count).